The van der Waals surface area contributed by atoms with Gasteiger partial charge in [0.2, 0.25) is 6.54 Å². The SMILES string of the molecule is CC(C)C(N)CO.CC(C)C1COC(Cc2ccc(CC3=NC(C(C)C)CO3)cc2)=N1.O=[N+]([O-])O.O=[N+]([O-])O.[C-]#[N+]Cc1ccc(CC#N)cc1.[Cd]. The average Bonchev–Trinajstić information content (AvgIpc) is 3.73. The van der Waals surface area contributed by atoms with Crippen LogP contribution >= 0.6 is 0 Å². The van der Waals surface area contributed by atoms with Crippen LogP contribution in [0, 0.1) is 55.9 Å². The Morgan fingerprint density at radius 3 is 1.44 bits per heavy atom. The molecule has 2 aromatic carbocycles. The molecular weight excluding hydrogens is 775 g/mol. The zero-order valence-corrected chi connectivity index (χ0v) is 34.8. The summed E-state index contributed by atoms with van der Waals surface area (Å²) in [6, 6.07) is 18.8. The first-order valence-corrected chi connectivity index (χ1v) is 16.3. The molecule has 5 N–H and O–H groups in total. The molecule has 0 saturated carbocycles. The minimum atomic E-state index is -1.50. The van der Waals surface area contributed by atoms with Crippen LogP contribution in [0.3, 0.4) is 0 Å². The van der Waals surface area contributed by atoms with Crippen LogP contribution in [0.2, 0.25) is 0 Å². The fourth-order valence-electron chi connectivity index (χ4n) is 4.04. The van der Waals surface area contributed by atoms with E-state index in [1.54, 1.807) is 0 Å². The molecule has 17 heteroatoms. The second kappa shape index (κ2) is 28.2. The molecule has 2 aliphatic rings. The number of aliphatic imine (C=N–C) groups is 2. The van der Waals surface area contributed by atoms with Gasteiger partial charge in [-0.25, -0.2) is 16.6 Å². The van der Waals surface area contributed by atoms with Crippen molar-refractivity contribution in [2.75, 3.05) is 19.8 Å². The van der Waals surface area contributed by atoms with Crippen LogP contribution in [0.4, 0.5) is 0 Å². The maximum atomic E-state index is 8.39. The van der Waals surface area contributed by atoms with Gasteiger partial charge in [-0.15, -0.1) is 20.2 Å². The van der Waals surface area contributed by atoms with Gasteiger partial charge in [0.15, 0.2) is 11.8 Å². The summed E-state index contributed by atoms with van der Waals surface area (Å²) in [6.07, 6.45) is 1.99. The van der Waals surface area contributed by atoms with Crippen molar-refractivity contribution < 1.29 is 62.5 Å². The Morgan fingerprint density at radius 2 is 1.19 bits per heavy atom. The van der Waals surface area contributed by atoms with Crippen LogP contribution in [0.5, 0.6) is 0 Å². The van der Waals surface area contributed by atoms with Crippen molar-refractivity contribution in [2.24, 2.45) is 33.5 Å². The number of rotatable bonds is 10. The van der Waals surface area contributed by atoms with E-state index in [-0.39, 0.29) is 39.9 Å². The van der Waals surface area contributed by atoms with E-state index in [1.807, 2.05) is 38.1 Å². The second-order valence-corrected chi connectivity index (χ2v) is 12.5. The summed E-state index contributed by atoms with van der Waals surface area (Å²) in [5.41, 5.74) is 9.84. The maximum absolute atomic E-state index is 8.39. The Bertz CT molecular complexity index is 1350. The molecule has 0 radical (unpaired) electrons. The molecule has 2 heterocycles. The third-order valence-electron chi connectivity index (χ3n) is 7.37. The zero-order valence-electron chi connectivity index (χ0n) is 30.8. The molecule has 2 aliphatic heterocycles. The second-order valence-electron chi connectivity index (χ2n) is 12.5. The van der Waals surface area contributed by atoms with Gasteiger partial charge >= 0.3 is 0 Å². The van der Waals surface area contributed by atoms with Crippen molar-refractivity contribution in [3.8, 4) is 6.07 Å². The van der Waals surface area contributed by atoms with Gasteiger partial charge in [-0.3, -0.25) is 0 Å². The van der Waals surface area contributed by atoms with E-state index in [1.165, 1.54) is 11.1 Å². The van der Waals surface area contributed by atoms with E-state index in [4.69, 9.17) is 62.8 Å². The van der Waals surface area contributed by atoms with Gasteiger partial charge < -0.3 is 35.6 Å². The largest absolute Gasteiger partial charge is 0.478 e. The minimum absolute atomic E-state index is 0. The van der Waals surface area contributed by atoms with E-state index in [9.17, 15) is 0 Å². The number of nitriles is 1. The van der Waals surface area contributed by atoms with Gasteiger partial charge in [0.25, 0.3) is 10.2 Å². The summed E-state index contributed by atoms with van der Waals surface area (Å²) in [6.45, 7) is 21.3. The van der Waals surface area contributed by atoms with Gasteiger partial charge in [-0.1, -0.05) is 90.1 Å². The van der Waals surface area contributed by atoms with Crippen molar-refractivity contribution >= 4 is 11.8 Å². The number of nitrogens with zero attached hydrogens (tertiary/aromatic N) is 6. The van der Waals surface area contributed by atoms with E-state index in [0.29, 0.717) is 42.8 Å². The first-order valence-electron chi connectivity index (χ1n) is 16.3. The smallest absolute Gasteiger partial charge is 0.291 e. The summed E-state index contributed by atoms with van der Waals surface area (Å²) in [5.74, 6) is 3.19. The molecule has 2 aromatic rings. The van der Waals surface area contributed by atoms with Crippen molar-refractivity contribution in [3.63, 3.8) is 0 Å². The number of ether oxygens (including phenoxy) is 2. The fraction of sp³-hybridized carbons (Fsp3) is 0.543. The molecule has 0 bridgehead atoms. The van der Waals surface area contributed by atoms with Crippen LogP contribution in [0.1, 0.15) is 63.8 Å². The van der Waals surface area contributed by atoms with Crippen molar-refractivity contribution in [3.05, 3.63) is 102 Å². The summed E-state index contributed by atoms with van der Waals surface area (Å²) in [5, 5.41) is 44.1. The first-order chi connectivity index (χ1) is 24.0. The number of aliphatic hydroxyl groups excluding tert-OH is 1. The van der Waals surface area contributed by atoms with E-state index >= 15 is 0 Å². The Hall–Kier alpha value is -4.40. The van der Waals surface area contributed by atoms with Gasteiger partial charge in [0.05, 0.1) is 31.2 Å². The molecular formula is C35H51CdN7O9. The normalized spacial score (nSPS) is 15.6. The van der Waals surface area contributed by atoms with Gasteiger partial charge in [0, 0.05) is 51.7 Å². The minimum Gasteiger partial charge on any atom is -0.478 e. The Labute approximate surface area is 325 Å². The molecule has 0 spiro atoms. The van der Waals surface area contributed by atoms with Gasteiger partial charge in [0.1, 0.15) is 13.2 Å². The molecule has 3 atom stereocenters. The van der Waals surface area contributed by atoms with Gasteiger partial charge in [-0.05, 0) is 34.4 Å². The molecule has 3 unspecified atom stereocenters. The Kier molecular flexibility index (Phi) is 27.0. The van der Waals surface area contributed by atoms with E-state index in [2.05, 4.69) is 72.9 Å². The van der Waals surface area contributed by atoms with Crippen molar-refractivity contribution in [2.45, 2.75) is 85.5 Å². The third kappa shape index (κ3) is 23.9. The molecule has 0 fully saturated rings. The zero-order chi connectivity index (χ0) is 38.9. The van der Waals surface area contributed by atoms with Crippen LogP contribution in [-0.4, -0.2) is 75.4 Å². The van der Waals surface area contributed by atoms with Crippen LogP contribution in [-0.2, 0) is 62.6 Å². The third-order valence-corrected chi connectivity index (χ3v) is 7.37. The van der Waals surface area contributed by atoms with Crippen LogP contribution < -0.4 is 5.73 Å². The standard InChI is InChI=1S/C20H28N2O2.C10H8N2.C5H13NO.Cd.2HNO3/c1-13(2)17-11-23-19(21-17)9-15-5-7-16(8-6-15)10-20-22-18(12-24-20)14(3)4;1-12-8-10-4-2-9(3-5-10)6-7-11;1-4(2)5(6)3-7;;2*2-1(3)4/h5-8,13-14,17-18H,9-12H2,1-4H3;2-5H,6,8H2;4-5,7H,3,6H2,1-2H3;;2*(H,2,3,4). The Morgan fingerprint density at radius 1 is 0.846 bits per heavy atom. The summed E-state index contributed by atoms with van der Waals surface area (Å²) < 4.78 is 11.4. The molecule has 282 valence electrons. The number of nitrogens with two attached hydrogens (primary N) is 1. The number of benzene rings is 2. The van der Waals surface area contributed by atoms with Crippen LogP contribution in [0.15, 0.2) is 58.5 Å². The topological polar surface area (TPSA) is 244 Å². The van der Waals surface area contributed by atoms with Crippen molar-refractivity contribution in [1.29, 1.82) is 5.26 Å². The average molecular weight is 826 g/mol. The first kappa shape index (κ1) is 49.7. The monoisotopic (exact) mass is 827 g/mol. The van der Waals surface area contributed by atoms with Crippen molar-refractivity contribution in [1.82, 2.24) is 0 Å². The number of aliphatic hydroxyl groups is 1. The quantitative estimate of drug-likeness (QED) is 0.106. The number of hydrogen-bond donors (Lipinski definition) is 4. The molecule has 52 heavy (non-hydrogen) atoms. The van der Waals surface area contributed by atoms with E-state index in [0.717, 1.165) is 49.0 Å². The summed E-state index contributed by atoms with van der Waals surface area (Å²) in [4.78, 5) is 29.3. The fourth-order valence-corrected chi connectivity index (χ4v) is 4.04. The molecule has 0 aromatic heterocycles. The van der Waals surface area contributed by atoms with Gasteiger partial charge in [-0.2, -0.15) is 5.26 Å². The molecule has 0 amide bonds. The van der Waals surface area contributed by atoms with E-state index < -0.39 is 10.2 Å². The number of hydrogen-bond acceptors (Lipinski definition) is 11. The Balaban J connectivity index is 0. The van der Waals surface area contributed by atoms with Crippen LogP contribution in [0.25, 0.3) is 4.85 Å². The molecule has 16 nitrogen and oxygen atoms in total. The molecule has 0 saturated heterocycles. The maximum Gasteiger partial charge on any atom is 0.291 e. The predicted octanol–water partition coefficient (Wildman–Crippen LogP) is 5.11. The molecule has 4 rings (SSSR count). The predicted molar refractivity (Wildman–Crippen MR) is 191 cm³/mol. The summed E-state index contributed by atoms with van der Waals surface area (Å²) >= 11 is 0. The molecule has 0 aliphatic carbocycles. The summed E-state index contributed by atoms with van der Waals surface area (Å²) in [7, 11) is 0.